The molecule has 2 rings (SSSR count). The van der Waals surface area contributed by atoms with Crippen LogP contribution in [0.3, 0.4) is 0 Å². The smallest absolute Gasteiger partial charge is 0.293 e. The second kappa shape index (κ2) is 5.45. The summed E-state index contributed by atoms with van der Waals surface area (Å²) in [5.74, 6) is 0.992. The highest BCUT2D eigenvalue weighted by atomic mass is 32.2. The summed E-state index contributed by atoms with van der Waals surface area (Å²) in [6.45, 7) is 2.17. The van der Waals surface area contributed by atoms with Crippen LogP contribution >= 0.6 is 23.1 Å². The van der Waals surface area contributed by atoms with Crippen molar-refractivity contribution in [2.24, 2.45) is 0 Å². The fourth-order valence-electron chi connectivity index (χ4n) is 1.35. The number of aromatic amines is 1. The molecule has 0 saturated carbocycles. The molecule has 0 aliphatic rings. The van der Waals surface area contributed by atoms with Crippen LogP contribution in [-0.4, -0.2) is 20.7 Å². The second-order valence-corrected chi connectivity index (χ2v) is 5.37. The zero-order valence-corrected chi connectivity index (χ0v) is 10.7. The minimum atomic E-state index is -0.172. The molecule has 0 aliphatic carbocycles. The van der Waals surface area contributed by atoms with Gasteiger partial charge in [-0.15, -0.1) is 11.3 Å². The van der Waals surface area contributed by atoms with Crippen molar-refractivity contribution < 1.29 is 0 Å². The number of nitrogens with zero attached hydrogens (tertiary/aromatic N) is 2. The highest BCUT2D eigenvalue weighted by molar-refractivity contribution is 7.99. The molecule has 0 atom stereocenters. The van der Waals surface area contributed by atoms with Gasteiger partial charge in [0.2, 0.25) is 0 Å². The summed E-state index contributed by atoms with van der Waals surface area (Å²) in [5.41, 5.74) is 2.15. The maximum absolute atomic E-state index is 11.6. The van der Waals surface area contributed by atoms with Gasteiger partial charge in [0.05, 0.1) is 5.51 Å². The van der Waals surface area contributed by atoms with Crippen LogP contribution in [0, 0.1) is 0 Å². The summed E-state index contributed by atoms with van der Waals surface area (Å²) in [6, 6.07) is 0. The van der Waals surface area contributed by atoms with E-state index in [1.807, 2.05) is 0 Å². The van der Waals surface area contributed by atoms with E-state index in [9.17, 15) is 4.79 Å². The maximum atomic E-state index is 11.6. The Morgan fingerprint density at radius 2 is 2.38 bits per heavy atom. The van der Waals surface area contributed by atoms with Gasteiger partial charge in [0, 0.05) is 5.75 Å². The lowest BCUT2D eigenvalue weighted by molar-refractivity contribution is 0.777. The van der Waals surface area contributed by atoms with E-state index in [1.54, 1.807) is 17.3 Å². The number of fused-ring (bicyclic) bond motifs is 1. The van der Waals surface area contributed by atoms with Gasteiger partial charge < -0.3 is 4.98 Å². The number of unbranched alkanes of at least 4 members (excludes halogenated alkanes) is 2. The van der Waals surface area contributed by atoms with E-state index in [2.05, 4.69) is 21.9 Å². The first-order valence-electron chi connectivity index (χ1n) is 5.27. The molecule has 4 nitrogen and oxygen atoms in total. The maximum Gasteiger partial charge on any atom is 0.293 e. The fraction of sp³-hybridized carbons (Fsp3) is 0.500. The Balaban J connectivity index is 2.10. The van der Waals surface area contributed by atoms with Crippen molar-refractivity contribution in [1.29, 1.82) is 0 Å². The van der Waals surface area contributed by atoms with E-state index in [1.165, 1.54) is 24.2 Å². The summed E-state index contributed by atoms with van der Waals surface area (Å²) < 4.78 is 0.609. The van der Waals surface area contributed by atoms with Gasteiger partial charge in [-0.25, -0.2) is 4.98 Å². The molecule has 0 spiro atoms. The first-order valence-corrected chi connectivity index (χ1v) is 7.14. The highest BCUT2D eigenvalue weighted by Crippen LogP contribution is 2.17. The second-order valence-electron chi connectivity index (χ2n) is 3.43. The SMILES string of the molecule is CCCCCSc1nc(=O)c2scnc2[nH]1. The predicted octanol–water partition coefficient (Wildman–Crippen LogP) is 2.66. The summed E-state index contributed by atoms with van der Waals surface area (Å²) in [7, 11) is 0. The van der Waals surface area contributed by atoms with Crippen molar-refractivity contribution in [1.82, 2.24) is 15.0 Å². The van der Waals surface area contributed by atoms with E-state index < -0.39 is 0 Å². The van der Waals surface area contributed by atoms with Crippen molar-refractivity contribution in [3.8, 4) is 0 Å². The molecule has 2 aromatic heterocycles. The third-order valence-electron chi connectivity index (χ3n) is 2.18. The molecule has 2 heterocycles. The van der Waals surface area contributed by atoms with Crippen LogP contribution < -0.4 is 5.56 Å². The van der Waals surface area contributed by atoms with Crippen LogP contribution in [0.2, 0.25) is 0 Å². The number of nitrogens with one attached hydrogen (secondary N) is 1. The molecule has 0 unspecified atom stereocenters. The molecule has 0 bridgehead atoms. The molecule has 0 saturated heterocycles. The zero-order valence-electron chi connectivity index (χ0n) is 9.02. The Labute approximate surface area is 102 Å². The summed E-state index contributed by atoms with van der Waals surface area (Å²) >= 11 is 2.92. The van der Waals surface area contributed by atoms with Crippen LogP contribution in [0.1, 0.15) is 26.2 Å². The van der Waals surface area contributed by atoms with E-state index >= 15 is 0 Å². The molecule has 0 radical (unpaired) electrons. The molecule has 0 aromatic carbocycles. The number of aromatic nitrogens is 3. The van der Waals surface area contributed by atoms with E-state index in [0.29, 0.717) is 15.5 Å². The predicted molar refractivity (Wildman–Crippen MR) is 68.3 cm³/mol. The van der Waals surface area contributed by atoms with Crippen LogP contribution in [0.4, 0.5) is 0 Å². The standard InChI is InChI=1S/C10H13N3OS2/c1-2-3-4-5-15-10-12-8-7(9(14)13-10)16-6-11-8/h6H,2-5H2,1H3,(H,12,13,14). The number of thiazole rings is 1. The molecule has 0 aliphatic heterocycles. The monoisotopic (exact) mass is 255 g/mol. The average Bonchev–Trinajstić information content (AvgIpc) is 2.73. The molecular formula is C10H13N3OS2. The van der Waals surface area contributed by atoms with Crippen LogP contribution in [0.5, 0.6) is 0 Å². The van der Waals surface area contributed by atoms with Gasteiger partial charge in [-0.1, -0.05) is 31.5 Å². The number of H-pyrrole nitrogens is 1. The van der Waals surface area contributed by atoms with E-state index in [0.717, 1.165) is 12.2 Å². The molecule has 6 heteroatoms. The third-order valence-corrected chi connectivity index (χ3v) is 3.95. The van der Waals surface area contributed by atoms with Crippen molar-refractivity contribution >= 4 is 33.4 Å². The molecule has 86 valence electrons. The number of thioether (sulfide) groups is 1. The van der Waals surface area contributed by atoms with Gasteiger partial charge in [-0.3, -0.25) is 4.79 Å². The normalized spacial score (nSPS) is 11.1. The lowest BCUT2D eigenvalue weighted by Crippen LogP contribution is -2.07. The van der Waals surface area contributed by atoms with E-state index in [4.69, 9.17) is 0 Å². The molecule has 16 heavy (non-hydrogen) atoms. The van der Waals surface area contributed by atoms with Gasteiger partial charge in [-0.05, 0) is 6.42 Å². The Hall–Kier alpha value is -0.880. The molecule has 1 N–H and O–H groups in total. The average molecular weight is 255 g/mol. The van der Waals surface area contributed by atoms with Crippen LogP contribution in [0.15, 0.2) is 15.5 Å². The first kappa shape index (κ1) is 11.6. The topological polar surface area (TPSA) is 58.6 Å². The molecule has 0 fully saturated rings. The van der Waals surface area contributed by atoms with Gasteiger partial charge >= 0.3 is 0 Å². The van der Waals surface area contributed by atoms with Gasteiger partial charge in [-0.2, -0.15) is 4.98 Å². The quantitative estimate of drug-likeness (QED) is 0.507. The van der Waals surface area contributed by atoms with Crippen molar-refractivity contribution in [2.75, 3.05) is 5.75 Å². The minimum Gasteiger partial charge on any atom is -0.318 e. The molecule has 0 amide bonds. The van der Waals surface area contributed by atoms with Gasteiger partial charge in [0.15, 0.2) is 10.8 Å². The van der Waals surface area contributed by atoms with Gasteiger partial charge in [0.1, 0.15) is 4.70 Å². The number of rotatable bonds is 5. The summed E-state index contributed by atoms with van der Waals surface area (Å²) in [6.07, 6.45) is 3.58. The van der Waals surface area contributed by atoms with Crippen molar-refractivity contribution in [3.63, 3.8) is 0 Å². The Bertz CT molecular complexity index is 520. The third kappa shape index (κ3) is 2.62. The molecular weight excluding hydrogens is 242 g/mol. The Morgan fingerprint density at radius 3 is 3.19 bits per heavy atom. The number of hydrogen-bond donors (Lipinski definition) is 1. The molecule has 2 aromatic rings. The minimum absolute atomic E-state index is 0.172. The zero-order chi connectivity index (χ0) is 11.4. The van der Waals surface area contributed by atoms with Crippen molar-refractivity contribution in [2.45, 2.75) is 31.3 Å². The Morgan fingerprint density at radius 1 is 1.50 bits per heavy atom. The largest absolute Gasteiger partial charge is 0.318 e. The van der Waals surface area contributed by atoms with Crippen molar-refractivity contribution in [3.05, 3.63) is 15.9 Å². The summed E-state index contributed by atoms with van der Waals surface area (Å²) in [5, 5.41) is 0.680. The fourth-order valence-corrected chi connectivity index (χ4v) is 2.83. The number of hydrogen-bond acceptors (Lipinski definition) is 5. The Kier molecular flexibility index (Phi) is 3.95. The first-order chi connectivity index (χ1) is 7.81. The lowest BCUT2D eigenvalue weighted by atomic mass is 10.3. The van der Waals surface area contributed by atoms with E-state index in [-0.39, 0.29) is 5.56 Å². The van der Waals surface area contributed by atoms with Crippen LogP contribution in [-0.2, 0) is 0 Å². The highest BCUT2D eigenvalue weighted by Gasteiger charge is 2.05. The van der Waals surface area contributed by atoms with Crippen LogP contribution in [0.25, 0.3) is 10.3 Å². The lowest BCUT2D eigenvalue weighted by Gasteiger charge is -1.99. The van der Waals surface area contributed by atoms with Gasteiger partial charge in [0.25, 0.3) is 5.56 Å². The summed E-state index contributed by atoms with van der Waals surface area (Å²) in [4.78, 5) is 22.7.